The second-order valence-electron chi connectivity index (χ2n) is 6.52. The Kier molecular flexibility index (Phi) is 4.25. The van der Waals surface area contributed by atoms with Gasteiger partial charge in [0.05, 0.1) is 5.54 Å². The topological polar surface area (TPSA) is 38.3 Å². The van der Waals surface area contributed by atoms with Crippen LogP contribution in [0.5, 0.6) is 5.75 Å². The van der Waals surface area contributed by atoms with E-state index < -0.39 is 0 Å². The van der Waals surface area contributed by atoms with E-state index in [1.54, 1.807) is 0 Å². The molecule has 1 aromatic rings. The fourth-order valence-electron chi connectivity index (χ4n) is 3.60. The van der Waals surface area contributed by atoms with E-state index in [1.165, 1.54) is 12.8 Å². The lowest BCUT2D eigenvalue weighted by molar-refractivity contribution is -0.129. The summed E-state index contributed by atoms with van der Waals surface area (Å²) in [5.74, 6) is 1.54. The van der Waals surface area contributed by atoms with Crippen LogP contribution in [0.4, 0.5) is 0 Å². The molecule has 1 aromatic carbocycles. The molecule has 1 amide bonds. The van der Waals surface area contributed by atoms with Crippen molar-refractivity contribution < 1.29 is 9.53 Å². The van der Waals surface area contributed by atoms with E-state index in [0.29, 0.717) is 12.3 Å². The molecule has 1 saturated carbocycles. The third kappa shape index (κ3) is 3.10. The summed E-state index contributed by atoms with van der Waals surface area (Å²) in [6.07, 6.45) is 4.83. The summed E-state index contributed by atoms with van der Waals surface area (Å²) in [5.41, 5.74) is 1.02. The Hall–Kier alpha value is -1.03. The lowest BCUT2D eigenvalue weighted by Crippen LogP contribution is -2.55. The lowest BCUT2D eigenvalue weighted by atomic mass is 9.77. The second-order valence-corrected chi connectivity index (χ2v) is 7.08. The smallest absolute Gasteiger partial charge is 0.261 e. The summed E-state index contributed by atoms with van der Waals surface area (Å²) >= 11 is 3.61. The second kappa shape index (κ2) is 5.99. The molecule has 4 heteroatoms. The fourth-order valence-corrected chi connectivity index (χ4v) is 4.25. The molecule has 3 nitrogen and oxygen atoms in total. The van der Waals surface area contributed by atoms with E-state index in [9.17, 15) is 4.79 Å². The van der Waals surface area contributed by atoms with Gasteiger partial charge in [0.25, 0.3) is 5.91 Å². The van der Waals surface area contributed by atoms with Crippen molar-refractivity contribution >= 4 is 21.8 Å². The molecule has 3 atom stereocenters. The molecule has 1 fully saturated rings. The zero-order valence-electron chi connectivity index (χ0n) is 12.4. The maximum absolute atomic E-state index is 12.6. The lowest BCUT2D eigenvalue weighted by Gasteiger charge is -2.40. The Morgan fingerprint density at radius 3 is 3.00 bits per heavy atom. The molecular weight excluding hydrogens is 330 g/mol. The van der Waals surface area contributed by atoms with E-state index >= 15 is 0 Å². The van der Waals surface area contributed by atoms with Crippen molar-refractivity contribution in [1.82, 2.24) is 5.32 Å². The summed E-state index contributed by atoms with van der Waals surface area (Å²) in [4.78, 5) is 12.6. The Labute approximate surface area is 134 Å². The predicted octanol–water partition coefficient (Wildman–Crippen LogP) is 3.45. The zero-order chi connectivity index (χ0) is 14.9. The van der Waals surface area contributed by atoms with Gasteiger partial charge in [0, 0.05) is 11.8 Å². The van der Waals surface area contributed by atoms with Gasteiger partial charge in [0.1, 0.15) is 5.75 Å². The monoisotopic (exact) mass is 351 g/mol. The van der Waals surface area contributed by atoms with Crippen LogP contribution < -0.4 is 10.1 Å². The number of halogens is 1. The molecule has 0 saturated heterocycles. The molecule has 0 aromatic heterocycles. The summed E-state index contributed by atoms with van der Waals surface area (Å²) in [6.45, 7) is 2.27. The first kappa shape index (κ1) is 14.9. The van der Waals surface area contributed by atoms with Gasteiger partial charge in [-0.1, -0.05) is 53.9 Å². The van der Waals surface area contributed by atoms with Gasteiger partial charge in [-0.25, -0.2) is 0 Å². The van der Waals surface area contributed by atoms with Gasteiger partial charge in [-0.2, -0.15) is 0 Å². The summed E-state index contributed by atoms with van der Waals surface area (Å²) in [6, 6.07) is 7.91. The number of benzene rings is 1. The van der Waals surface area contributed by atoms with Crippen molar-refractivity contribution in [3.05, 3.63) is 29.8 Å². The van der Waals surface area contributed by atoms with Crippen LogP contribution in [-0.2, 0) is 11.2 Å². The van der Waals surface area contributed by atoms with Gasteiger partial charge < -0.3 is 10.1 Å². The number of para-hydroxylation sites is 1. The SMILES string of the molecule is CC1CCCC(CBr)(NC(=O)C2Cc3ccccc3O2)C1. The van der Waals surface area contributed by atoms with Crippen molar-refractivity contribution in [1.29, 1.82) is 0 Å². The number of amides is 1. The highest BCUT2D eigenvalue weighted by Crippen LogP contribution is 2.34. The van der Waals surface area contributed by atoms with Crippen molar-refractivity contribution in [2.75, 3.05) is 5.33 Å². The van der Waals surface area contributed by atoms with Gasteiger partial charge in [-0.05, 0) is 30.4 Å². The highest BCUT2D eigenvalue weighted by molar-refractivity contribution is 9.09. The summed E-state index contributed by atoms with van der Waals surface area (Å²) in [7, 11) is 0. The molecule has 0 spiro atoms. The van der Waals surface area contributed by atoms with Crippen molar-refractivity contribution in [2.24, 2.45) is 5.92 Å². The maximum atomic E-state index is 12.6. The molecule has 21 heavy (non-hydrogen) atoms. The van der Waals surface area contributed by atoms with Crippen LogP contribution in [0.1, 0.15) is 38.2 Å². The predicted molar refractivity (Wildman–Crippen MR) is 86.9 cm³/mol. The van der Waals surface area contributed by atoms with Crippen LogP contribution in [0.25, 0.3) is 0 Å². The molecule has 2 aliphatic rings. The number of hydrogen-bond donors (Lipinski definition) is 1. The fraction of sp³-hybridized carbons (Fsp3) is 0.588. The highest BCUT2D eigenvalue weighted by Gasteiger charge is 2.38. The van der Waals surface area contributed by atoms with Crippen molar-refractivity contribution in [3.63, 3.8) is 0 Å². The van der Waals surface area contributed by atoms with E-state index in [0.717, 1.165) is 29.5 Å². The molecule has 1 N–H and O–H groups in total. The Bertz CT molecular complexity index is 508. The number of carbonyl (C=O) groups is 1. The Morgan fingerprint density at radius 2 is 2.29 bits per heavy atom. The molecule has 1 aliphatic carbocycles. The third-order valence-electron chi connectivity index (χ3n) is 4.68. The molecule has 114 valence electrons. The van der Waals surface area contributed by atoms with E-state index in [2.05, 4.69) is 28.2 Å². The Balaban J connectivity index is 1.67. The minimum atomic E-state index is -0.379. The minimum Gasteiger partial charge on any atom is -0.480 e. The molecule has 1 aliphatic heterocycles. The number of hydrogen-bond acceptors (Lipinski definition) is 2. The van der Waals surface area contributed by atoms with Crippen molar-refractivity contribution in [2.45, 2.75) is 50.7 Å². The van der Waals surface area contributed by atoms with Crippen LogP contribution >= 0.6 is 15.9 Å². The summed E-state index contributed by atoms with van der Waals surface area (Å²) in [5, 5.41) is 4.09. The largest absolute Gasteiger partial charge is 0.480 e. The number of carbonyl (C=O) groups excluding carboxylic acids is 1. The molecule has 3 rings (SSSR count). The van der Waals surface area contributed by atoms with E-state index in [-0.39, 0.29) is 17.6 Å². The van der Waals surface area contributed by atoms with Crippen LogP contribution in [0, 0.1) is 5.92 Å². The standard InChI is InChI=1S/C17H22BrNO2/c1-12-5-4-8-17(10-12,11-18)19-16(20)15-9-13-6-2-3-7-14(13)21-15/h2-3,6-7,12,15H,4-5,8-11H2,1H3,(H,19,20). The van der Waals surface area contributed by atoms with Gasteiger partial charge in [0.2, 0.25) is 0 Å². The molecule has 1 heterocycles. The van der Waals surface area contributed by atoms with Crippen LogP contribution in [-0.4, -0.2) is 22.9 Å². The number of rotatable bonds is 3. The molecule has 0 bridgehead atoms. The number of fused-ring (bicyclic) bond motifs is 1. The zero-order valence-corrected chi connectivity index (χ0v) is 14.0. The first-order valence-corrected chi connectivity index (χ1v) is 8.87. The van der Waals surface area contributed by atoms with Crippen LogP contribution in [0.2, 0.25) is 0 Å². The van der Waals surface area contributed by atoms with Gasteiger partial charge in [0.15, 0.2) is 6.10 Å². The average molecular weight is 352 g/mol. The molecular formula is C17H22BrNO2. The van der Waals surface area contributed by atoms with E-state index in [1.807, 2.05) is 24.3 Å². The van der Waals surface area contributed by atoms with Crippen LogP contribution in [0.3, 0.4) is 0 Å². The third-order valence-corrected chi connectivity index (χ3v) is 5.75. The maximum Gasteiger partial charge on any atom is 0.261 e. The number of nitrogens with one attached hydrogen (secondary N) is 1. The first-order chi connectivity index (χ1) is 10.1. The normalized spacial score (nSPS) is 31.3. The minimum absolute atomic E-state index is 0.0275. The van der Waals surface area contributed by atoms with Crippen LogP contribution in [0.15, 0.2) is 24.3 Å². The summed E-state index contributed by atoms with van der Waals surface area (Å²) < 4.78 is 5.80. The molecule has 3 unspecified atom stereocenters. The highest BCUT2D eigenvalue weighted by atomic mass is 79.9. The quantitative estimate of drug-likeness (QED) is 0.847. The van der Waals surface area contributed by atoms with Gasteiger partial charge in [-0.15, -0.1) is 0 Å². The van der Waals surface area contributed by atoms with E-state index in [4.69, 9.17) is 4.74 Å². The van der Waals surface area contributed by atoms with Gasteiger partial charge >= 0.3 is 0 Å². The number of alkyl halides is 1. The van der Waals surface area contributed by atoms with Gasteiger partial charge in [-0.3, -0.25) is 4.79 Å². The first-order valence-electron chi connectivity index (χ1n) is 7.74. The average Bonchev–Trinajstić information content (AvgIpc) is 2.91. The number of ether oxygens (including phenoxy) is 1. The molecule has 0 radical (unpaired) electrons. The Morgan fingerprint density at radius 1 is 1.48 bits per heavy atom. The van der Waals surface area contributed by atoms with Crippen molar-refractivity contribution in [3.8, 4) is 5.75 Å².